The Labute approximate surface area is 112 Å². The topological polar surface area (TPSA) is 53.2 Å². The van der Waals surface area contributed by atoms with Gasteiger partial charge in [-0.2, -0.15) is 0 Å². The van der Waals surface area contributed by atoms with Crippen LogP contribution in [0.15, 0.2) is 0 Å². The molecule has 3 N–H and O–H groups in total. The van der Waals surface area contributed by atoms with Crippen molar-refractivity contribution in [1.29, 1.82) is 0 Å². The lowest BCUT2D eigenvalue weighted by Gasteiger charge is -2.08. The van der Waals surface area contributed by atoms with Crippen molar-refractivity contribution in [3.05, 3.63) is 0 Å². The fourth-order valence-corrected chi connectivity index (χ4v) is 1.72. The molecule has 0 radical (unpaired) electrons. The fraction of sp³-hybridized carbons (Fsp3) is 0.929. The standard InChI is InChI=1S/C14H31N3O/c1-13(2)17-12-14(18)16-11-9-7-5-4-6-8-10-15-3/h13,15,17H,4-12H2,1-3H3,(H,16,18). The number of rotatable bonds is 12. The first kappa shape index (κ1) is 17.4. The first-order chi connectivity index (χ1) is 8.66. The SMILES string of the molecule is CNCCCCCCCCNC(=O)CNC(C)C. The molecule has 0 aromatic rings. The van der Waals surface area contributed by atoms with Crippen molar-refractivity contribution in [1.82, 2.24) is 16.0 Å². The van der Waals surface area contributed by atoms with Crippen LogP contribution < -0.4 is 16.0 Å². The Hall–Kier alpha value is -0.610. The zero-order chi connectivity index (χ0) is 13.6. The summed E-state index contributed by atoms with van der Waals surface area (Å²) in [4.78, 5) is 11.4. The summed E-state index contributed by atoms with van der Waals surface area (Å²) in [6.07, 6.45) is 7.49. The average Bonchev–Trinajstić information content (AvgIpc) is 2.34. The van der Waals surface area contributed by atoms with E-state index in [4.69, 9.17) is 0 Å². The van der Waals surface area contributed by atoms with Gasteiger partial charge in [0.15, 0.2) is 0 Å². The Bertz CT molecular complexity index is 195. The van der Waals surface area contributed by atoms with Gasteiger partial charge in [0, 0.05) is 12.6 Å². The Balaban J connectivity index is 3.12. The highest BCUT2D eigenvalue weighted by molar-refractivity contribution is 5.77. The van der Waals surface area contributed by atoms with Gasteiger partial charge in [0.25, 0.3) is 0 Å². The van der Waals surface area contributed by atoms with Crippen LogP contribution in [0, 0.1) is 0 Å². The highest BCUT2D eigenvalue weighted by Gasteiger charge is 2.00. The van der Waals surface area contributed by atoms with Crippen LogP contribution in [0.25, 0.3) is 0 Å². The van der Waals surface area contributed by atoms with Crippen LogP contribution in [0.1, 0.15) is 52.4 Å². The predicted octanol–water partition coefficient (Wildman–Crippen LogP) is 1.66. The number of unbranched alkanes of at least 4 members (excludes halogenated alkanes) is 5. The number of carbonyl (C=O) groups excluding carboxylic acids is 1. The summed E-state index contributed by atoms with van der Waals surface area (Å²) in [7, 11) is 2.00. The van der Waals surface area contributed by atoms with Crippen molar-refractivity contribution in [2.75, 3.05) is 26.7 Å². The van der Waals surface area contributed by atoms with Gasteiger partial charge in [-0.25, -0.2) is 0 Å². The molecule has 0 saturated heterocycles. The largest absolute Gasteiger partial charge is 0.355 e. The third-order valence-electron chi connectivity index (χ3n) is 2.85. The van der Waals surface area contributed by atoms with E-state index < -0.39 is 0 Å². The molecule has 1 amide bonds. The summed E-state index contributed by atoms with van der Waals surface area (Å²) in [6, 6.07) is 0.369. The van der Waals surface area contributed by atoms with Gasteiger partial charge in [0.1, 0.15) is 0 Å². The summed E-state index contributed by atoms with van der Waals surface area (Å²) >= 11 is 0. The molecule has 0 saturated carbocycles. The number of hydrogen-bond donors (Lipinski definition) is 3. The second kappa shape index (κ2) is 12.8. The number of hydrogen-bond acceptors (Lipinski definition) is 3. The van der Waals surface area contributed by atoms with Crippen LogP contribution in [0.5, 0.6) is 0 Å². The molecule has 0 fully saturated rings. The monoisotopic (exact) mass is 257 g/mol. The maximum atomic E-state index is 11.4. The minimum absolute atomic E-state index is 0.109. The van der Waals surface area contributed by atoms with Gasteiger partial charge in [0.05, 0.1) is 6.54 Å². The second-order valence-corrected chi connectivity index (χ2v) is 5.11. The van der Waals surface area contributed by atoms with Gasteiger partial charge in [-0.05, 0) is 26.4 Å². The van der Waals surface area contributed by atoms with Crippen LogP contribution >= 0.6 is 0 Å². The van der Waals surface area contributed by atoms with Crippen molar-refractivity contribution < 1.29 is 4.79 Å². The molecule has 108 valence electrons. The van der Waals surface area contributed by atoms with E-state index in [1.165, 1.54) is 32.1 Å². The zero-order valence-corrected chi connectivity index (χ0v) is 12.3. The van der Waals surface area contributed by atoms with Crippen LogP contribution in [0.3, 0.4) is 0 Å². The van der Waals surface area contributed by atoms with Crippen molar-refractivity contribution in [3.8, 4) is 0 Å². The van der Waals surface area contributed by atoms with E-state index >= 15 is 0 Å². The van der Waals surface area contributed by atoms with E-state index in [-0.39, 0.29) is 5.91 Å². The molecule has 0 aromatic heterocycles. The van der Waals surface area contributed by atoms with Gasteiger partial charge in [0.2, 0.25) is 5.91 Å². The third kappa shape index (κ3) is 13.5. The fourth-order valence-electron chi connectivity index (χ4n) is 1.72. The van der Waals surface area contributed by atoms with E-state index in [1.54, 1.807) is 0 Å². The molecule has 0 unspecified atom stereocenters. The van der Waals surface area contributed by atoms with Crippen molar-refractivity contribution in [2.24, 2.45) is 0 Å². The zero-order valence-electron chi connectivity index (χ0n) is 12.3. The summed E-state index contributed by atoms with van der Waals surface area (Å²) in [5.41, 5.74) is 0. The molecule has 0 aromatic carbocycles. The van der Waals surface area contributed by atoms with E-state index in [9.17, 15) is 4.79 Å². The Morgan fingerprint density at radius 2 is 1.50 bits per heavy atom. The molecule has 0 aliphatic heterocycles. The van der Waals surface area contributed by atoms with E-state index in [0.717, 1.165) is 19.5 Å². The molecule has 0 aliphatic rings. The second-order valence-electron chi connectivity index (χ2n) is 5.11. The van der Waals surface area contributed by atoms with Gasteiger partial charge in [-0.1, -0.05) is 39.5 Å². The minimum atomic E-state index is 0.109. The van der Waals surface area contributed by atoms with E-state index in [0.29, 0.717) is 12.6 Å². The first-order valence-corrected chi connectivity index (χ1v) is 7.31. The molecule has 0 rings (SSSR count). The highest BCUT2D eigenvalue weighted by atomic mass is 16.1. The van der Waals surface area contributed by atoms with Crippen LogP contribution in [-0.4, -0.2) is 38.6 Å². The van der Waals surface area contributed by atoms with Gasteiger partial charge >= 0.3 is 0 Å². The van der Waals surface area contributed by atoms with Crippen molar-refractivity contribution in [3.63, 3.8) is 0 Å². The summed E-state index contributed by atoms with van der Waals surface area (Å²) in [6.45, 7) is 6.46. The predicted molar refractivity (Wildman–Crippen MR) is 77.8 cm³/mol. The van der Waals surface area contributed by atoms with Crippen LogP contribution in [0.2, 0.25) is 0 Å². The third-order valence-corrected chi connectivity index (χ3v) is 2.85. The molecule has 0 bridgehead atoms. The molecule has 4 heteroatoms. The maximum Gasteiger partial charge on any atom is 0.233 e. The Morgan fingerprint density at radius 1 is 0.944 bits per heavy atom. The number of amides is 1. The number of nitrogens with one attached hydrogen (secondary N) is 3. The summed E-state index contributed by atoms with van der Waals surface area (Å²) < 4.78 is 0. The minimum Gasteiger partial charge on any atom is -0.355 e. The maximum absolute atomic E-state index is 11.4. The summed E-state index contributed by atoms with van der Waals surface area (Å²) in [5.74, 6) is 0.109. The molecular weight excluding hydrogens is 226 g/mol. The molecule has 0 atom stereocenters. The van der Waals surface area contributed by atoms with E-state index in [1.807, 2.05) is 20.9 Å². The van der Waals surface area contributed by atoms with Crippen molar-refractivity contribution in [2.45, 2.75) is 58.4 Å². The molecular formula is C14H31N3O. The van der Waals surface area contributed by atoms with E-state index in [2.05, 4.69) is 16.0 Å². The van der Waals surface area contributed by atoms with Crippen LogP contribution in [-0.2, 0) is 4.79 Å². The lowest BCUT2D eigenvalue weighted by Crippen LogP contribution is -2.37. The van der Waals surface area contributed by atoms with Crippen molar-refractivity contribution >= 4 is 5.91 Å². The average molecular weight is 257 g/mol. The van der Waals surface area contributed by atoms with Gasteiger partial charge < -0.3 is 16.0 Å². The van der Waals surface area contributed by atoms with Crippen LogP contribution in [0.4, 0.5) is 0 Å². The molecule has 0 spiro atoms. The van der Waals surface area contributed by atoms with Gasteiger partial charge in [-0.15, -0.1) is 0 Å². The molecule has 18 heavy (non-hydrogen) atoms. The summed E-state index contributed by atoms with van der Waals surface area (Å²) in [5, 5.41) is 9.20. The quantitative estimate of drug-likeness (QED) is 0.466. The highest BCUT2D eigenvalue weighted by Crippen LogP contribution is 2.04. The lowest BCUT2D eigenvalue weighted by molar-refractivity contribution is -0.120. The Morgan fingerprint density at radius 3 is 2.06 bits per heavy atom. The molecule has 0 heterocycles. The Kier molecular flexibility index (Phi) is 12.4. The normalized spacial score (nSPS) is 10.9. The lowest BCUT2D eigenvalue weighted by atomic mass is 10.1. The molecule has 4 nitrogen and oxygen atoms in total. The smallest absolute Gasteiger partial charge is 0.233 e. The first-order valence-electron chi connectivity index (χ1n) is 7.31. The molecule has 0 aliphatic carbocycles. The van der Waals surface area contributed by atoms with Gasteiger partial charge in [-0.3, -0.25) is 4.79 Å². The number of carbonyl (C=O) groups is 1.